The first-order chi connectivity index (χ1) is 15.8. The molecule has 6 aromatic rings. The Balaban J connectivity index is 1.55. The van der Waals surface area contributed by atoms with Gasteiger partial charge in [-0.2, -0.15) is 4.52 Å². The number of hydrogen-bond donors (Lipinski definition) is 1. The lowest BCUT2D eigenvalue weighted by Gasteiger charge is -2.09. The molecule has 0 amide bonds. The minimum Gasteiger partial charge on any atom is -0.318 e. The monoisotopic (exact) mass is 419 g/mol. The summed E-state index contributed by atoms with van der Waals surface area (Å²) < 4.78 is 3.42. The van der Waals surface area contributed by atoms with E-state index in [9.17, 15) is 4.79 Å². The molecule has 8 nitrogen and oxygen atoms in total. The van der Waals surface area contributed by atoms with Crippen molar-refractivity contribution in [3.63, 3.8) is 0 Å². The zero-order chi connectivity index (χ0) is 21.5. The second-order valence-corrected chi connectivity index (χ2v) is 7.43. The number of para-hydroxylation sites is 2. The van der Waals surface area contributed by atoms with E-state index in [1.165, 1.54) is 4.52 Å². The number of benzene rings is 2. The first-order valence-corrected chi connectivity index (χ1v) is 10.2. The summed E-state index contributed by atoms with van der Waals surface area (Å²) in [5.74, 6) is 0.488. The number of aromatic amines is 1. The Morgan fingerprint density at radius 1 is 0.875 bits per heavy atom. The standard InChI is InChI=1S/C24H17N7O/c32-24-21(28-29-22-18(14-26-31(22)24)17-10-12-25-13-11-17)23-27-19-8-4-5-9-20(19)30(23)15-16-6-2-1-3-7-16/h1-14,26H,15H2. The van der Waals surface area contributed by atoms with Crippen molar-refractivity contribution >= 4 is 16.7 Å². The first-order valence-electron chi connectivity index (χ1n) is 10.2. The zero-order valence-electron chi connectivity index (χ0n) is 16.9. The maximum atomic E-state index is 13.4. The van der Waals surface area contributed by atoms with E-state index >= 15 is 0 Å². The maximum Gasteiger partial charge on any atom is 0.302 e. The molecule has 154 valence electrons. The fourth-order valence-corrected chi connectivity index (χ4v) is 3.94. The van der Waals surface area contributed by atoms with E-state index < -0.39 is 0 Å². The molecule has 4 aromatic heterocycles. The van der Waals surface area contributed by atoms with Crippen LogP contribution in [0, 0.1) is 0 Å². The zero-order valence-corrected chi connectivity index (χ0v) is 16.9. The molecule has 0 aliphatic heterocycles. The van der Waals surface area contributed by atoms with Gasteiger partial charge in [0.2, 0.25) is 0 Å². The Morgan fingerprint density at radius 3 is 2.50 bits per heavy atom. The molecule has 8 heteroatoms. The average Bonchev–Trinajstić information content (AvgIpc) is 3.43. The minimum absolute atomic E-state index is 0.192. The highest BCUT2D eigenvalue weighted by atomic mass is 16.1. The Morgan fingerprint density at radius 2 is 1.66 bits per heavy atom. The molecule has 6 rings (SSSR count). The van der Waals surface area contributed by atoms with E-state index in [4.69, 9.17) is 4.98 Å². The topological polar surface area (TPSA) is 93.8 Å². The molecule has 0 unspecified atom stereocenters. The molecule has 0 spiro atoms. The van der Waals surface area contributed by atoms with Crippen molar-refractivity contribution in [1.82, 2.24) is 34.3 Å². The number of pyridine rings is 1. The van der Waals surface area contributed by atoms with Gasteiger partial charge in [-0.25, -0.2) is 4.98 Å². The summed E-state index contributed by atoms with van der Waals surface area (Å²) in [5, 5.41) is 11.7. The van der Waals surface area contributed by atoms with E-state index in [2.05, 4.69) is 20.3 Å². The van der Waals surface area contributed by atoms with Gasteiger partial charge in [-0.1, -0.05) is 42.5 Å². The molecule has 0 radical (unpaired) electrons. The van der Waals surface area contributed by atoms with Crippen LogP contribution in [-0.2, 0) is 6.54 Å². The number of aromatic nitrogens is 7. The second-order valence-electron chi connectivity index (χ2n) is 7.43. The third kappa shape index (κ3) is 2.89. The van der Waals surface area contributed by atoms with Gasteiger partial charge in [-0.3, -0.25) is 14.9 Å². The van der Waals surface area contributed by atoms with Crippen molar-refractivity contribution in [1.29, 1.82) is 0 Å². The summed E-state index contributed by atoms with van der Waals surface area (Å²) in [6.45, 7) is 0.563. The van der Waals surface area contributed by atoms with Gasteiger partial charge >= 0.3 is 5.56 Å². The van der Waals surface area contributed by atoms with Crippen LogP contribution < -0.4 is 5.56 Å². The third-order valence-electron chi connectivity index (χ3n) is 5.48. The summed E-state index contributed by atoms with van der Waals surface area (Å²) in [5.41, 5.74) is 4.85. The number of H-pyrrole nitrogens is 1. The molecule has 2 aromatic carbocycles. The Hall–Kier alpha value is -4.59. The molecule has 0 bridgehead atoms. The Bertz CT molecular complexity index is 1610. The number of imidazole rings is 1. The van der Waals surface area contributed by atoms with Gasteiger partial charge in [0, 0.05) is 30.7 Å². The highest BCUT2D eigenvalue weighted by Crippen LogP contribution is 2.25. The summed E-state index contributed by atoms with van der Waals surface area (Å²) in [4.78, 5) is 22.2. The lowest BCUT2D eigenvalue weighted by molar-refractivity contribution is 0.805. The van der Waals surface area contributed by atoms with Crippen LogP contribution in [0.3, 0.4) is 0 Å². The van der Waals surface area contributed by atoms with Crippen LogP contribution >= 0.6 is 0 Å². The van der Waals surface area contributed by atoms with Crippen LogP contribution in [0.4, 0.5) is 0 Å². The van der Waals surface area contributed by atoms with Gasteiger partial charge in [-0.15, -0.1) is 10.2 Å². The van der Waals surface area contributed by atoms with Gasteiger partial charge in [0.05, 0.1) is 11.0 Å². The van der Waals surface area contributed by atoms with Crippen LogP contribution in [0.1, 0.15) is 5.56 Å². The lowest BCUT2D eigenvalue weighted by Crippen LogP contribution is -2.21. The summed E-state index contributed by atoms with van der Waals surface area (Å²) in [6.07, 6.45) is 5.15. The van der Waals surface area contributed by atoms with E-state index in [1.807, 2.05) is 71.3 Å². The molecular weight excluding hydrogens is 402 g/mol. The molecule has 4 heterocycles. The molecule has 0 fully saturated rings. The van der Waals surface area contributed by atoms with E-state index in [0.29, 0.717) is 18.0 Å². The fraction of sp³-hybridized carbons (Fsp3) is 0.0417. The molecule has 32 heavy (non-hydrogen) atoms. The Labute approximate surface area is 181 Å². The fourth-order valence-electron chi connectivity index (χ4n) is 3.94. The molecule has 1 N–H and O–H groups in total. The van der Waals surface area contributed by atoms with Crippen LogP contribution in [0.25, 0.3) is 39.3 Å². The van der Waals surface area contributed by atoms with E-state index in [-0.39, 0.29) is 11.3 Å². The molecule has 0 saturated carbocycles. The molecule has 0 saturated heterocycles. The van der Waals surface area contributed by atoms with Crippen molar-refractivity contribution in [2.24, 2.45) is 0 Å². The highest BCUT2D eigenvalue weighted by molar-refractivity contribution is 5.80. The average molecular weight is 419 g/mol. The number of nitrogens with zero attached hydrogens (tertiary/aromatic N) is 6. The van der Waals surface area contributed by atoms with Crippen molar-refractivity contribution in [2.75, 3.05) is 0 Å². The number of rotatable bonds is 4. The molecule has 0 aliphatic rings. The number of hydrogen-bond acceptors (Lipinski definition) is 5. The van der Waals surface area contributed by atoms with Crippen molar-refractivity contribution in [3.05, 3.63) is 101 Å². The van der Waals surface area contributed by atoms with Crippen LogP contribution in [-0.4, -0.2) is 34.3 Å². The minimum atomic E-state index is -0.306. The van der Waals surface area contributed by atoms with Crippen LogP contribution in [0.15, 0.2) is 90.1 Å². The first kappa shape index (κ1) is 18.2. The Kier molecular flexibility index (Phi) is 4.14. The summed E-state index contributed by atoms with van der Waals surface area (Å²) >= 11 is 0. The van der Waals surface area contributed by atoms with Crippen LogP contribution in [0.2, 0.25) is 0 Å². The van der Waals surface area contributed by atoms with E-state index in [1.54, 1.807) is 18.6 Å². The third-order valence-corrected chi connectivity index (χ3v) is 5.48. The second kappa shape index (κ2) is 7.28. The molecule has 0 atom stereocenters. The number of fused-ring (bicyclic) bond motifs is 2. The van der Waals surface area contributed by atoms with Gasteiger partial charge in [-0.05, 0) is 35.4 Å². The smallest absolute Gasteiger partial charge is 0.302 e. The van der Waals surface area contributed by atoms with Crippen molar-refractivity contribution < 1.29 is 0 Å². The predicted octanol–water partition coefficient (Wildman–Crippen LogP) is 3.54. The summed E-state index contributed by atoms with van der Waals surface area (Å²) in [7, 11) is 0. The SMILES string of the molecule is O=c1c(-c2nc3ccccc3n2Cc2ccccc2)nnc2c(-c3ccncc3)c[nH]n12. The molecule has 0 aliphatic carbocycles. The normalized spacial score (nSPS) is 11.4. The van der Waals surface area contributed by atoms with Crippen molar-refractivity contribution in [3.8, 4) is 22.6 Å². The quantitative estimate of drug-likeness (QED) is 0.472. The van der Waals surface area contributed by atoms with Crippen LogP contribution in [0.5, 0.6) is 0 Å². The summed E-state index contributed by atoms with van der Waals surface area (Å²) in [6, 6.07) is 21.6. The molecular formula is C24H17N7O. The predicted molar refractivity (Wildman–Crippen MR) is 121 cm³/mol. The van der Waals surface area contributed by atoms with Gasteiger partial charge in [0.1, 0.15) is 0 Å². The maximum absolute atomic E-state index is 13.4. The largest absolute Gasteiger partial charge is 0.318 e. The van der Waals surface area contributed by atoms with Gasteiger partial charge in [0.25, 0.3) is 0 Å². The lowest BCUT2D eigenvalue weighted by atomic mass is 10.1. The van der Waals surface area contributed by atoms with Gasteiger partial charge in [0.15, 0.2) is 17.2 Å². The number of nitrogens with one attached hydrogen (secondary N) is 1. The van der Waals surface area contributed by atoms with Gasteiger partial charge < -0.3 is 4.57 Å². The van der Waals surface area contributed by atoms with E-state index in [0.717, 1.165) is 27.7 Å². The van der Waals surface area contributed by atoms with Crippen molar-refractivity contribution in [2.45, 2.75) is 6.54 Å². The highest BCUT2D eigenvalue weighted by Gasteiger charge is 2.20.